The lowest BCUT2D eigenvalue weighted by Gasteiger charge is -2.55. The van der Waals surface area contributed by atoms with Gasteiger partial charge in [-0.2, -0.15) is 0 Å². The van der Waals surface area contributed by atoms with Gasteiger partial charge in [0.2, 0.25) is 0 Å². The molecule has 6 atom stereocenters. The Kier molecular flexibility index (Phi) is 3.48. The first-order valence-electron chi connectivity index (χ1n) is 9.44. The first kappa shape index (κ1) is 16.3. The number of aliphatic hydroxyl groups is 1. The van der Waals surface area contributed by atoms with E-state index in [1.807, 2.05) is 6.08 Å². The maximum Gasteiger partial charge on any atom is 0.161 e. The van der Waals surface area contributed by atoms with E-state index in [2.05, 4.69) is 13.5 Å². The van der Waals surface area contributed by atoms with Gasteiger partial charge in [0.05, 0.1) is 0 Å². The summed E-state index contributed by atoms with van der Waals surface area (Å²) in [6, 6.07) is 0. The van der Waals surface area contributed by atoms with Crippen LogP contribution in [-0.4, -0.2) is 22.3 Å². The van der Waals surface area contributed by atoms with Crippen molar-refractivity contribution in [3.8, 4) is 0 Å². The zero-order valence-corrected chi connectivity index (χ0v) is 14.8. The summed E-state index contributed by atoms with van der Waals surface area (Å²) >= 11 is 0. The van der Waals surface area contributed by atoms with Crippen molar-refractivity contribution in [2.24, 2.45) is 29.1 Å². The second kappa shape index (κ2) is 5.14. The quantitative estimate of drug-likeness (QED) is 0.800. The second-order valence-electron chi connectivity index (χ2n) is 8.86. The molecule has 3 nitrogen and oxygen atoms in total. The maximum atomic E-state index is 12.2. The molecule has 0 radical (unpaired) electrons. The largest absolute Gasteiger partial charge is 0.382 e. The fourth-order valence-corrected chi connectivity index (χ4v) is 6.72. The van der Waals surface area contributed by atoms with Crippen molar-refractivity contribution in [3.05, 3.63) is 23.8 Å². The molecule has 3 fully saturated rings. The second-order valence-corrected chi connectivity index (χ2v) is 8.86. The highest BCUT2D eigenvalue weighted by Crippen LogP contribution is 2.65. The molecule has 0 saturated heterocycles. The lowest BCUT2D eigenvalue weighted by Crippen LogP contribution is -2.55. The highest BCUT2D eigenvalue weighted by molar-refractivity contribution is 5.92. The Morgan fingerprint density at radius 3 is 2.71 bits per heavy atom. The van der Waals surface area contributed by atoms with Crippen LogP contribution in [0.4, 0.5) is 0 Å². The van der Waals surface area contributed by atoms with Crippen LogP contribution >= 0.6 is 0 Å². The summed E-state index contributed by atoms with van der Waals surface area (Å²) in [4.78, 5) is 24.0. The van der Waals surface area contributed by atoms with Gasteiger partial charge in [-0.05, 0) is 80.8 Å². The molecule has 4 aliphatic rings. The smallest absolute Gasteiger partial charge is 0.161 e. The Morgan fingerprint density at radius 1 is 1.25 bits per heavy atom. The summed E-state index contributed by atoms with van der Waals surface area (Å²) in [6.07, 6.45) is 7.89. The molecule has 0 unspecified atom stereocenters. The van der Waals surface area contributed by atoms with Gasteiger partial charge in [-0.3, -0.25) is 9.59 Å². The summed E-state index contributed by atoms with van der Waals surface area (Å²) in [5.74, 6) is 2.12. The van der Waals surface area contributed by atoms with E-state index >= 15 is 0 Å². The van der Waals surface area contributed by atoms with Gasteiger partial charge in [0, 0.05) is 11.8 Å². The van der Waals surface area contributed by atoms with E-state index < -0.39 is 5.60 Å². The molecule has 3 heteroatoms. The maximum absolute atomic E-state index is 12.2. The predicted octanol–water partition coefficient (Wildman–Crippen LogP) is 3.61. The minimum absolute atomic E-state index is 0.0653. The van der Waals surface area contributed by atoms with Gasteiger partial charge < -0.3 is 5.11 Å². The van der Waals surface area contributed by atoms with E-state index in [9.17, 15) is 14.7 Å². The minimum atomic E-state index is -1.15. The third-order valence-corrected chi connectivity index (χ3v) is 8.05. The van der Waals surface area contributed by atoms with Crippen molar-refractivity contribution in [2.45, 2.75) is 64.4 Å². The van der Waals surface area contributed by atoms with Crippen LogP contribution in [0.25, 0.3) is 0 Å². The third-order valence-electron chi connectivity index (χ3n) is 8.05. The first-order chi connectivity index (χ1) is 11.3. The van der Waals surface area contributed by atoms with Crippen LogP contribution in [0.5, 0.6) is 0 Å². The average Bonchev–Trinajstić information content (AvgIpc) is 2.81. The van der Waals surface area contributed by atoms with E-state index in [-0.39, 0.29) is 17.0 Å². The highest BCUT2D eigenvalue weighted by atomic mass is 16.3. The number of carbonyl (C=O) groups excluding carboxylic acids is 2. The van der Waals surface area contributed by atoms with E-state index in [1.165, 1.54) is 5.57 Å². The fraction of sp³-hybridized carbons (Fsp3) is 0.714. The first-order valence-corrected chi connectivity index (χ1v) is 9.44. The van der Waals surface area contributed by atoms with Crippen LogP contribution in [0, 0.1) is 29.1 Å². The average molecular weight is 328 g/mol. The molecular weight excluding hydrogens is 300 g/mol. The zero-order chi connectivity index (χ0) is 17.3. The normalized spacial score (nSPS) is 47.5. The van der Waals surface area contributed by atoms with E-state index in [1.54, 1.807) is 6.92 Å². The predicted molar refractivity (Wildman–Crippen MR) is 92.2 cm³/mol. The van der Waals surface area contributed by atoms with Crippen molar-refractivity contribution in [1.82, 2.24) is 0 Å². The van der Waals surface area contributed by atoms with Gasteiger partial charge in [0.25, 0.3) is 0 Å². The number of allylic oxidation sites excluding steroid dienone is 2. The number of carbonyl (C=O) groups is 2. The number of fused-ring (bicyclic) bond motifs is 5. The molecule has 1 N–H and O–H groups in total. The monoisotopic (exact) mass is 328 g/mol. The topological polar surface area (TPSA) is 54.4 Å². The minimum Gasteiger partial charge on any atom is -0.382 e. The summed E-state index contributed by atoms with van der Waals surface area (Å²) in [6.45, 7) is 7.97. The molecule has 0 bridgehead atoms. The summed E-state index contributed by atoms with van der Waals surface area (Å²) in [5, 5.41) is 11.1. The lowest BCUT2D eigenvalue weighted by molar-refractivity contribution is -0.157. The van der Waals surface area contributed by atoms with Crippen molar-refractivity contribution < 1.29 is 14.7 Å². The zero-order valence-electron chi connectivity index (χ0n) is 14.8. The van der Waals surface area contributed by atoms with E-state index in [0.717, 1.165) is 37.7 Å². The number of Topliss-reactive ketones (excluding diaryl/α,β-unsaturated/α-hetero) is 1. The third kappa shape index (κ3) is 1.94. The molecule has 3 saturated carbocycles. The highest BCUT2D eigenvalue weighted by Gasteiger charge is 2.64. The summed E-state index contributed by atoms with van der Waals surface area (Å²) < 4.78 is 0. The van der Waals surface area contributed by atoms with Crippen LogP contribution in [0.15, 0.2) is 23.8 Å². The summed E-state index contributed by atoms with van der Waals surface area (Å²) in [5.41, 5.74) is 0.877. The van der Waals surface area contributed by atoms with Gasteiger partial charge in [0.1, 0.15) is 5.60 Å². The molecule has 0 aromatic rings. The Labute approximate surface area is 144 Å². The molecule has 130 valence electrons. The molecule has 4 rings (SSSR count). The number of hydrogen-bond acceptors (Lipinski definition) is 3. The lowest BCUT2D eigenvalue weighted by atomic mass is 9.49. The molecule has 4 aliphatic carbocycles. The Balaban J connectivity index is 1.70. The van der Waals surface area contributed by atoms with Crippen molar-refractivity contribution >= 4 is 11.6 Å². The van der Waals surface area contributed by atoms with Crippen molar-refractivity contribution in [2.75, 3.05) is 0 Å². The van der Waals surface area contributed by atoms with Crippen molar-refractivity contribution in [3.63, 3.8) is 0 Å². The molecular formula is C21H28O3. The van der Waals surface area contributed by atoms with E-state index in [0.29, 0.717) is 36.5 Å². The molecule has 0 aromatic heterocycles. The number of ketones is 2. The SMILES string of the molecule is C=C1C[C@@H]2[C@H](CC[C@@]3(C)[C@H]2CC[C@]3(O)C(C)=O)[C@H]2CCC(=O)C=C12. The van der Waals surface area contributed by atoms with Crippen LogP contribution in [-0.2, 0) is 9.59 Å². The molecule has 0 amide bonds. The molecule has 0 aliphatic heterocycles. The van der Waals surface area contributed by atoms with Crippen LogP contribution in [0.2, 0.25) is 0 Å². The van der Waals surface area contributed by atoms with Gasteiger partial charge in [0.15, 0.2) is 11.6 Å². The van der Waals surface area contributed by atoms with Gasteiger partial charge in [-0.1, -0.05) is 19.1 Å². The fourth-order valence-electron chi connectivity index (χ4n) is 6.72. The number of hydrogen-bond donors (Lipinski definition) is 1. The standard InChI is InChI=1S/C21H28O3/c1-12-10-18-16(15-5-4-14(23)11-17(12)15)6-8-20(3)19(18)7-9-21(20,24)13(2)22/h11,15-16,18-19,24H,1,4-10H2,2-3H3/t15-,16-,18-,19+,20+,21+/m1/s1. The Bertz CT molecular complexity index is 660. The van der Waals surface area contributed by atoms with Gasteiger partial charge in [-0.15, -0.1) is 0 Å². The van der Waals surface area contributed by atoms with Crippen molar-refractivity contribution in [1.29, 1.82) is 0 Å². The molecule has 24 heavy (non-hydrogen) atoms. The van der Waals surface area contributed by atoms with Crippen LogP contribution in [0.3, 0.4) is 0 Å². The molecule has 0 aromatic carbocycles. The number of rotatable bonds is 1. The van der Waals surface area contributed by atoms with E-state index in [4.69, 9.17) is 0 Å². The van der Waals surface area contributed by atoms with Gasteiger partial charge >= 0.3 is 0 Å². The Morgan fingerprint density at radius 2 is 2.00 bits per heavy atom. The Hall–Kier alpha value is -1.22. The summed E-state index contributed by atoms with van der Waals surface area (Å²) in [7, 11) is 0. The van der Waals surface area contributed by atoms with Crippen LogP contribution in [0.1, 0.15) is 58.8 Å². The van der Waals surface area contributed by atoms with Crippen LogP contribution < -0.4 is 0 Å². The molecule has 0 spiro atoms. The molecule has 0 heterocycles. The van der Waals surface area contributed by atoms with Gasteiger partial charge in [-0.25, -0.2) is 0 Å².